The van der Waals surface area contributed by atoms with Crippen LogP contribution in [-0.4, -0.2) is 54.4 Å². The van der Waals surface area contributed by atoms with Gasteiger partial charge in [0.25, 0.3) is 5.91 Å². The third kappa shape index (κ3) is 4.68. The number of nitrogens with one attached hydrogen (secondary N) is 1. The van der Waals surface area contributed by atoms with E-state index in [0.29, 0.717) is 31.9 Å². The van der Waals surface area contributed by atoms with Crippen molar-refractivity contribution in [3.8, 4) is 5.75 Å². The van der Waals surface area contributed by atoms with Gasteiger partial charge in [0.1, 0.15) is 0 Å². The third-order valence-electron chi connectivity index (χ3n) is 4.94. The molecule has 0 aromatic heterocycles. The van der Waals surface area contributed by atoms with Gasteiger partial charge in [-0.3, -0.25) is 19.7 Å². The summed E-state index contributed by atoms with van der Waals surface area (Å²) >= 11 is 0. The zero-order chi connectivity index (χ0) is 21.7. The zero-order valence-electron chi connectivity index (χ0n) is 17.0. The molecule has 1 N–H and O–H groups in total. The number of amides is 2. The highest BCUT2D eigenvalue weighted by molar-refractivity contribution is 6.06. The molecule has 30 heavy (non-hydrogen) atoms. The van der Waals surface area contributed by atoms with Crippen molar-refractivity contribution < 1.29 is 19.2 Å². The fourth-order valence-corrected chi connectivity index (χ4v) is 3.39. The summed E-state index contributed by atoms with van der Waals surface area (Å²) in [4.78, 5) is 39.0. The van der Waals surface area contributed by atoms with E-state index in [4.69, 9.17) is 4.74 Å². The van der Waals surface area contributed by atoms with Gasteiger partial charge in [0, 0.05) is 44.7 Å². The third-order valence-corrected chi connectivity index (χ3v) is 4.94. The first kappa shape index (κ1) is 21.1. The Labute approximate surface area is 174 Å². The maximum absolute atomic E-state index is 12.8. The second kappa shape index (κ2) is 9.25. The Hall–Kier alpha value is -3.62. The van der Waals surface area contributed by atoms with Crippen LogP contribution < -0.4 is 15.0 Å². The number of ether oxygens (including phenoxy) is 1. The van der Waals surface area contributed by atoms with Gasteiger partial charge < -0.3 is 19.9 Å². The first-order valence-corrected chi connectivity index (χ1v) is 9.72. The van der Waals surface area contributed by atoms with E-state index in [2.05, 4.69) is 10.2 Å². The first-order valence-electron chi connectivity index (χ1n) is 9.72. The van der Waals surface area contributed by atoms with Crippen molar-refractivity contribution in [2.75, 3.05) is 43.0 Å². The molecule has 1 aliphatic heterocycles. The fourth-order valence-electron chi connectivity index (χ4n) is 3.39. The summed E-state index contributed by atoms with van der Waals surface area (Å²) in [7, 11) is 0. The van der Waals surface area contributed by atoms with Crippen LogP contribution in [0.1, 0.15) is 24.2 Å². The molecule has 2 aromatic rings. The number of para-hydroxylation sites is 2. The maximum atomic E-state index is 12.8. The number of nitro benzene ring substituents is 1. The number of hydrogen-bond acceptors (Lipinski definition) is 6. The van der Waals surface area contributed by atoms with Gasteiger partial charge in [0.2, 0.25) is 5.91 Å². The molecule has 0 saturated carbocycles. The average Bonchev–Trinajstić information content (AvgIpc) is 2.74. The summed E-state index contributed by atoms with van der Waals surface area (Å²) < 4.78 is 5.27. The van der Waals surface area contributed by atoms with Crippen LogP contribution in [0.3, 0.4) is 0 Å². The number of hydrogen-bond donors (Lipinski definition) is 1. The van der Waals surface area contributed by atoms with Gasteiger partial charge in [-0.15, -0.1) is 0 Å². The van der Waals surface area contributed by atoms with Crippen molar-refractivity contribution in [1.82, 2.24) is 4.90 Å². The van der Waals surface area contributed by atoms with Crippen molar-refractivity contribution in [2.24, 2.45) is 0 Å². The van der Waals surface area contributed by atoms with Crippen LogP contribution >= 0.6 is 0 Å². The summed E-state index contributed by atoms with van der Waals surface area (Å²) in [5.74, 6) is -0.271. The Balaban J connectivity index is 1.79. The molecule has 0 spiro atoms. The molecule has 0 atom stereocenters. The van der Waals surface area contributed by atoms with E-state index in [1.807, 2.05) is 18.2 Å². The molecule has 158 valence electrons. The second-order valence-corrected chi connectivity index (χ2v) is 6.84. The van der Waals surface area contributed by atoms with Crippen LogP contribution in [-0.2, 0) is 4.79 Å². The van der Waals surface area contributed by atoms with Crippen LogP contribution in [0.25, 0.3) is 0 Å². The minimum Gasteiger partial charge on any atom is -0.487 e. The predicted molar refractivity (Wildman–Crippen MR) is 113 cm³/mol. The van der Waals surface area contributed by atoms with Crippen molar-refractivity contribution in [3.05, 3.63) is 58.1 Å². The molecule has 1 fully saturated rings. The summed E-state index contributed by atoms with van der Waals surface area (Å²) in [5.41, 5.74) is 1.37. The summed E-state index contributed by atoms with van der Waals surface area (Å²) in [5, 5.41) is 14.2. The molecule has 3 rings (SSSR count). The SMILES string of the molecule is CCOc1ccc(C(=O)Nc2ccccc2N2CCN(C(C)=O)CC2)cc1[N+](=O)[O-]. The Morgan fingerprint density at radius 1 is 1.13 bits per heavy atom. The number of anilines is 2. The summed E-state index contributed by atoms with van der Waals surface area (Å²) in [6, 6.07) is 11.5. The number of carbonyl (C=O) groups excluding carboxylic acids is 2. The monoisotopic (exact) mass is 412 g/mol. The topological polar surface area (TPSA) is 105 Å². The summed E-state index contributed by atoms with van der Waals surface area (Å²) in [6.45, 7) is 6.11. The van der Waals surface area contributed by atoms with E-state index in [-0.39, 0.29) is 29.5 Å². The molecule has 2 aromatic carbocycles. The fraction of sp³-hybridized carbons (Fsp3) is 0.333. The van der Waals surface area contributed by atoms with Crippen molar-refractivity contribution in [1.29, 1.82) is 0 Å². The van der Waals surface area contributed by atoms with Crippen LogP contribution in [0.2, 0.25) is 0 Å². The van der Waals surface area contributed by atoms with E-state index < -0.39 is 10.8 Å². The van der Waals surface area contributed by atoms with E-state index in [0.717, 1.165) is 5.69 Å². The Kier molecular flexibility index (Phi) is 6.51. The quantitative estimate of drug-likeness (QED) is 0.578. The van der Waals surface area contributed by atoms with Crippen molar-refractivity contribution in [2.45, 2.75) is 13.8 Å². The molecular weight excluding hydrogens is 388 g/mol. The second-order valence-electron chi connectivity index (χ2n) is 6.84. The lowest BCUT2D eigenvalue weighted by Crippen LogP contribution is -2.48. The lowest BCUT2D eigenvalue weighted by molar-refractivity contribution is -0.385. The summed E-state index contributed by atoms with van der Waals surface area (Å²) in [6.07, 6.45) is 0. The van der Waals surface area contributed by atoms with Gasteiger partial charge >= 0.3 is 5.69 Å². The smallest absolute Gasteiger partial charge is 0.311 e. The molecule has 0 aliphatic carbocycles. The Morgan fingerprint density at radius 3 is 2.47 bits per heavy atom. The van der Waals surface area contributed by atoms with E-state index in [9.17, 15) is 19.7 Å². The highest BCUT2D eigenvalue weighted by Crippen LogP contribution is 2.30. The van der Waals surface area contributed by atoms with Crippen LogP contribution in [0.15, 0.2) is 42.5 Å². The van der Waals surface area contributed by atoms with Gasteiger partial charge in [0.15, 0.2) is 5.75 Å². The lowest BCUT2D eigenvalue weighted by Gasteiger charge is -2.36. The number of rotatable bonds is 6. The molecule has 9 heteroatoms. The highest BCUT2D eigenvalue weighted by atomic mass is 16.6. The predicted octanol–water partition coefficient (Wildman–Crippen LogP) is 2.91. The minimum atomic E-state index is -0.565. The van der Waals surface area contributed by atoms with Gasteiger partial charge in [-0.05, 0) is 31.2 Å². The maximum Gasteiger partial charge on any atom is 0.311 e. The van der Waals surface area contributed by atoms with Gasteiger partial charge in [-0.25, -0.2) is 0 Å². The highest BCUT2D eigenvalue weighted by Gasteiger charge is 2.22. The number of benzene rings is 2. The molecule has 2 amide bonds. The minimum absolute atomic E-state index is 0.0494. The standard InChI is InChI=1S/C21H24N4O5/c1-3-30-20-9-8-16(14-19(20)25(28)29)21(27)22-17-6-4-5-7-18(17)24-12-10-23(11-13-24)15(2)26/h4-9,14H,3,10-13H2,1-2H3,(H,22,27). The number of nitro groups is 1. The van der Waals surface area contributed by atoms with Crippen molar-refractivity contribution >= 4 is 28.9 Å². The first-order chi connectivity index (χ1) is 14.4. The zero-order valence-corrected chi connectivity index (χ0v) is 17.0. The molecule has 0 radical (unpaired) electrons. The molecule has 1 aliphatic rings. The Morgan fingerprint density at radius 2 is 1.83 bits per heavy atom. The normalized spacial score (nSPS) is 13.7. The molecule has 1 saturated heterocycles. The average molecular weight is 412 g/mol. The van der Waals surface area contributed by atoms with Crippen LogP contribution in [0.5, 0.6) is 5.75 Å². The van der Waals surface area contributed by atoms with Gasteiger partial charge in [-0.1, -0.05) is 12.1 Å². The van der Waals surface area contributed by atoms with Crippen molar-refractivity contribution in [3.63, 3.8) is 0 Å². The van der Waals surface area contributed by atoms with Gasteiger partial charge in [0.05, 0.1) is 22.9 Å². The number of nitrogens with zero attached hydrogens (tertiary/aromatic N) is 3. The van der Waals surface area contributed by atoms with Gasteiger partial charge in [-0.2, -0.15) is 0 Å². The molecule has 9 nitrogen and oxygen atoms in total. The van der Waals surface area contributed by atoms with Crippen LogP contribution in [0, 0.1) is 10.1 Å². The number of carbonyl (C=O) groups is 2. The number of piperazine rings is 1. The lowest BCUT2D eigenvalue weighted by atomic mass is 10.1. The molecular formula is C21H24N4O5. The Bertz CT molecular complexity index is 954. The van der Waals surface area contributed by atoms with E-state index in [1.54, 1.807) is 24.8 Å². The van der Waals surface area contributed by atoms with E-state index in [1.165, 1.54) is 18.2 Å². The largest absolute Gasteiger partial charge is 0.487 e. The van der Waals surface area contributed by atoms with Crippen LogP contribution in [0.4, 0.5) is 17.1 Å². The molecule has 1 heterocycles. The van der Waals surface area contributed by atoms with E-state index >= 15 is 0 Å². The molecule has 0 unspecified atom stereocenters. The molecule has 0 bridgehead atoms.